The van der Waals surface area contributed by atoms with Crippen LogP contribution in [0.5, 0.6) is 5.75 Å². The van der Waals surface area contributed by atoms with E-state index in [-0.39, 0.29) is 6.61 Å². The predicted molar refractivity (Wildman–Crippen MR) is 104 cm³/mol. The summed E-state index contributed by atoms with van der Waals surface area (Å²) in [4.78, 5) is 2.28. The third kappa shape index (κ3) is 6.35. The lowest BCUT2D eigenvalue weighted by atomic mass is 10.0. The molecule has 1 N–H and O–H groups in total. The maximum Gasteiger partial charge on any atom is 0.119 e. The van der Waals surface area contributed by atoms with Gasteiger partial charge in [0.25, 0.3) is 0 Å². The first-order chi connectivity index (χ1) is 11.8. The largest absolute Gasteiger partial charge is 0.491 e. The van der Waals surface area contributed by atoms with Gasteiger partial charge in [-0.3, -0.25) is 4.90 Å². The van der Waals surface area contributed by atoms with E-state index in [0.717, 1.165) is 6.54 Å². The summed E-state index contributed by atoms with van der Waals surface area (Å²) in [5.41, 5.74) is 3.85. The third-order valence-corrected chi connectivity index (χ3v) is 4.56. The molecule has 0 unspecified atom stereocenters. The molecule has 0 amide bonds. The van der Waals surface area contributed by atoms with E-state index < -0.39 is 6.10 Å². The smallest absolute Gasteiger partial charge is 0.119 e. The fraction of sp³-hybridized carbons (Fsp3) is 0.429. The first-order valence-corrected chi connectivity index (χ1v) is 9.09. The summed E-state index contributed by atoms with van der Waals surface area (Å²) < 4.78 is 5.66. The van der Waals surface area contributed by atoms with Crippen LogP contribution in [0.1, 0.15) is 30.5 Å². The van der Waals surface area contributed by atoms with Gasteiger partial charge in [0, 0.05) is 24.2 Å². The van der Waals surface area contributed by atoms with E-state index in [4.69, 9.17) is 16.3 Å². The molecule has 0 saturated heterocycles. The topological polar surface area (TPSA) is 32.7 Å². The zero-order chi connectivity index (χ0) is 18.4. The van der Waals surface area contributed by atoms with Gasteiger partial charge in [0.05, 0.1) is 0 Å². The second-order valence-corrected chi connectivity index (χ2v) is 7.31. The van der Waals surface area contributed by atoms with Gasteiger partial charge >= 0.3 is 0 Å². The molecular weight excluding hydrogens is 334 g/mol. The minimum atomic E-state index is -0.553. The number of ether oxygens (including phenoxy) is 1. The Bertz CT molecular complexity index is 670. The number of nitrogens with zero attached hydrogens (tertiary/aromatic N) is 1. The zero-order valence-electron chi connectivity index (χ0n) is 15.5. The summed E-state index contributed by atoms with van der Waals surface area (Å²) >= 11 is 5.87. The van der Waals surface area contributed by atoms with Crippen molar-refractivity contribution in [2.45, 2.75) is 46.4 Å². The normalized spacial score (nSPS) is 12.6. The first-order valence-electron chi connectivity index (χ1n) is 8.71. The number of aliphatic hydroxyl groups is 1. The summed E-state index contributed by atoms with van der Waals surface area (Å²) in [6, 6.07) is 14.0. The van der Waals surface area contributed by atoms with E-state index in [9.17, 15) is 5.11 Å². The van der Waals surface area contributed by atoms with E-state index in [1.807, 2.05) is 12.1 Å². The van der Waals surface area contributed by atoms with E-state index >= 15 is 0 Å². The van der Waals surface area contributed by atoms with Gasteiger partial charge in [-0.25, -0.2) is 0 Å². The van der Waals surface area contributed by atoms with Crippen LogP contribution in [0.15, 0.2) is 42.5 Å². The Labute approximate surface area is 156 Å². The van der Waals surface area contributed by atoms with Crippen molar-refractivity contribution in [2.24, 2.45) is 0 Å². The van der Waals surface area contributed by atoms with Crippen LogP contribution in [0, 0.1) is 13.8 Å². The average Bonchev–Trinajstić information content (AvgIpc) is 2.57. The molecule has 0 aliphatic heterocycles. The van der Waals surface area contributed by atoms with Crippen LogP contribution in [0.2, 0.25) is 5.02 Å². The van der Waals surface area contributed by atoms with Gasteiger partial charge < -0.3 is 9.84 Å². The van der Waals surface area contributed by atoms with Gasteiger partial charge in [0.2, 0.25) is 0 Å². The fourth-order valence-corrected chi connectivity index (χ4v) is 2.82. The van der Waals surface area contributed by atoms with Gasteiger partial charge in [0.1, 0.15) is 18.5 Å². The quantitative estimate of drug-likeness (QED) is 0.745. The first kappa shape index (κ1) is 19.8. The second kappa shape index (κ2) is 9.23. The highest BCUT2D eigenvalue weighted by Gasteiger charge is 2.17. The molecule has 0 aliphatic carbocycles. The summed E-state index contributed by atoms with van der Waals surface area (Å²) in [6.45, 7) is 10.2. The summed E-state index contributed by atoms with van der Waals surface area (Å²) in [5.74, 6) is 0.717. The number of halogens is 1. The molecule has 0 aliphatic rings. The van der Waals surface area contributed by atoms with Crippen molar-refractivity contribution >= 4 is 11.6 Å². The Hall–Kier alpha value is -1.55. The van der Waals surface area contributed by atoms with Crippen molar-refractivity contribution in [2.75, 3.05) is 13.2 Å². The molecule has 0 fully saturated rings. The number of benzene rings is 2. The van der Waals surface area contributed by atoms with E-state index in [2.05, 4.69) is 50.8 Å². The summed E-state index contributed by atoms with van der Waals surface area (Å²) in [6.07, 6.45) is -0.553. The van der Waals surface area contributed by atoms with E-state index in [0.29, 0.717) is 23.4 Å². The van der Waals surface area contributed by atoms with Crippen molar-refractivity contribution < 1.29 is 9.84 Å². The molecule has 0 heterocycles. The molecule has 3 nitrogen and oxygen atoms in total. The van der Waals surface area contributed by atoms with Gasteiger partial charge in [-0.2, -0.15) is 0 Å². The Morgan fingerprint density at radius 2 is 1.76 bits per heavy atom. The Kier molecular flexibility index (Phi) is 7.30. The van der Waals surface area contributed by atoms with Crippen LogP contribution in [0.3, 0.4) is 0 Å². The van der Waals surface area contributed by atoms with Crippen LogP contribution >= 0.6 is 11.6 Å². The Balaban J connectivity index is 1.93. The molecule has 2 aromatic carbocycles. The molecule has 0 bridgehead atoms. The molecule has 0 radical (unpaired) electrons. The Morgan fingerprint density at radius 3 is 2.40 bits per heavy atom. The fourth-order valence-electron chi connectivity index (χ4n) is 2.69. The molecular formula is C21H28ClNO2. The highest BCUT2D eigenvalue weighted by atomic mass is 35.5. The second-order valence-electron chi connectivity index (χ2n) is 6.87. The lowest BCUT2D eigenvalue weighted by molar-refractivity contribution is 0.0542. The number of rotatable bonds is 8. The van der Waals surface area contributed by atoms with Crippen molar-refractivity contribution in [3.05, 3.63) is 64.2 Å². The third-order valence-electron chi connectivity index (χ3n) is 4.31. The van der Waals surface area contributed by atoms with Crippen molar-refractivity contribution in [3.8, 4) is 5.75 Å². The zero-order valence-corrected chi connectivity index (χ0v) is 16.3. The average molecular weight is 362 g/mol. The van der Waals surface area contributed by atoms with Gasteiger partial charge in [-0.1, -0.05) is 35.4 Å². The molecule has 25 heavy (non-hydrogen) atoms. The van der Waals surface area contributed by atoms with Crippen LogP contribution in [-0.2, 0) is 6.54 Å². The lowest BCUT2D eigenvalue weighted by Crippen LogP contribution is -2.39. The lowest BCUT2D eigenvalue weighted by Gasteiger charge is -2.29. The molecule has 2 rings (SSSR count). The van der Waals surface area contributed by atoms with Crippen molar-refractivity contribution in [3.63, 3.8) is 0 Å². The number of hydrogen-bond donors (Lipinski definition) is 1. The molecule has 2 aromatic rings. The van der Waals surface area contributed by atoms with Gasteiger partial charge in [-0.15, -0.1) is 0 Å². The van der Waals surface area contributed by atoms with Crippen LogP contribution < -0.4 is 4.74 Å². The van der Waals surface area contributed by atoms with Gasteiger partial charge in [-0.05, 0) is 63.1 Å². The van der Waals surface area contributed by atoms with Crippen LogP contribution in [0.4, 0.5) is 0 Å². The van der Waals surface area contributed by atoms with E-state index in [1.54, 1.807) is 12.1 Å². The maximum absolute atomic E-state index is 10.4. The standard InChI is InChI=1S/C21H28ClNO2/c1-15(2)23(12-18-11-16(3)5-6-17(18)4)13-20(24)14-25-21-9-7-19(22)8-10-21/h5-11,15,20,24H,12-14H2,1-4H3/t20-/m1/s1. The monoisotopic (exact) mass is 361 g/mol. The van der Waals surface area contributed by atoms with Crippen LogP contribution in [0.25, 0.3) is 0 Å². The molecule has 136 valence electrons. The summed E-state index contributed by atoms with van der Waals surface area (Å²) in [7, 11) is 0. The van der Waals surface area contributed by atoms with Gasteiger partial charge in [0.15, 0.2) is 0 Å². The minimum absolute atomic E-state index is 0.262. The number of aliphatic hydroxyl groups excluding tert-OH is 1. The Morgan fingerprint density at radius 1 is 1.08 bits per heavy atom. The maximum atomic E-state index is 10.4. The molecule has 0 spiro atoms. The van der Waals surface area contributed by atoms with Crippen molar-refractivity contribution in [1.82, 2.24) is 4.90 Å². The van der Waals surface area contributed by atoms with Crippen LogP contribution in [-0.4, -0.2) is 35.3 Å². The minimum Gasteiger partial charge on any atom is -0.491 e. The molecule has 1 atom stereocenters. The number of aryl methyl sites for hydroxylation is 2. The molecule has 0 saturated carbocycles. The summed E-state index contributed by atoms with van der Waals surface area (Å²) in [5, 5.41) is 11.1. The highest BCUT2D eigenvalue weighted by molar-refractivity contribution is 6.30. The van der Waals surface area contributed by atoms with Crippen molar-refractivity contribution in [1.29, 1.82) is 0 Å². The SMILES string of the molecule is Cc1ccc(C)c(CN(C[C@@H](O)COc2ccc(Cl)cc2)C(C)C)c1. The predicted octanol–water partition coefficient (Wildman–Crippen LogP) is 4.61. The molecule has 4 heteroatoms. The molecule has 0 aromatic heterocycles. The number of hydrogen-bond acceptors (Lipinski definition) is 3. The highest BCUT2D eigenvalue weighted by Crippen LogP contribution is 2.17. The van der Waals surface area contributed by atoms with E-state index in [1.165, 1.54) is 16.7 Å².